The Kier molecular flexibility index (Phi) is 6.92. The molecular formula is C11H26N4. The van der Waals surface area contributed by atoms with Crippen LogP contribution in [0.25, 0.3) is 0 Å². The third-order valence-electron chi connectivity index (χ3n) is 3.17. The zero-order valence-corrected chi connectivity index (χ0v) is 9.67. The quantitative estimate of drug-likeness (QED) is 0.395. The molecule has 90 valence electrons. The van der Waals surface area contributed by atoms with Crippen LogP contribution in [-0.2, 0) is 0 Å². The molecule has 0 aromatic rings. The minimum absolute atomic E-state index is 0.724. The molecule has 4 heteroatoms. The van der Waals surface area contributed by atoms with E-state index in [9.17, 15) is 0 Å². The summed E-state index contributed by atoms with van der Waals surface area (Å²) in [6.45, 7) is 4.85. The highest BCUT2D eigenvalue weighted by Gasteiger charge is 2.29. The highest BCUT2D eigenvalue weighted by atomic mass is 15.0. The van der Waals surface area contributed by atoms with E-state index in [-0.39, 0.29) is 0 Å². The lowest BCUT2D eigenvalue weighted by molar-refractivity contribution is 0.204. The molecule has 0 heterocycles. The summed E-state index contributed by atoms with van der Waals surface area (Å²) in [5.74, 6) is 0.820. The van der Waals surface area contributed by atoms with E-state index in [0.29, 0.717) is 0 Å². The predicted octanol–water partition coefficient (Wildman–Crippen LogP) is -0.358. The van der Waals surface area contributed by atoms with Gasteiger partial charge in [-0.3, -0.25) is 0 Å². The Hall–Kier alpha value is -0.160. The monoisotopic (exact) mass is 214 g/mol. The predicted molar refractivity (Wildman–Crippen MR) is 64.7 cm³/mol. The van der Waals surface area contributed by atoms with Crippen molar-refractivity contribution in [1.82, 2.24) is 10.6 Å². The van der Waals surface area contributed by atoms with Gasteiger partial charge in [-0.05, 0) is 64.3 Å². The van der Waals surface area contributed by atoms with Gasteiger partial charge in [0, 0.05) is 6.04 Å². The molecule has 1 fully saturated rings. The largest absolute Gasteiger partial charge is 0.330 e. The Morgan fingerprint density at radius 2 is 1.73 bits per heavy atom. The average molecular weight is 214 g/mol. The molecule has 1 rings (SSSR count). The maximum absolute atomic E-state index is 5.46. The van der Waals surface area contributed by atoms with Crippen LogP contribution >= 0.6 is 0 Å². The SMILES string of the molecule is NCCCNCC1CCC1NCCCN. The Balaban J connectivity index is 1.95. The van der Waals surface area contributed by atoms with Crippen LogP contribution in [0.4, 0.5) is 0 Å². The van der Waals surface area contributed by atoms with Crippen molar-refractivity contribution in [2.45, 2.75) is 31.7 Å². The molecule has 6 N–H and O–H groups in total. The second-order valence-electron chi connectivity index (χ2n) is 4.39. The van der Waals surface area contributed by atoms with Gasteiger partial charge in [0.05, 0.1) is 0 Å². The summed E-state index contributed by atoms with van der Waals surface area (Å²) in [7, 11) is 0. The van der Waals surface area contributed by atoms with E-state index in [1.165, 1.54) is 12.8 Å². The molecule has 0 radical (unpaired) electrons. The van der Waals surface area contributed by atoms with Gasteiger partial charge >= 0.3 is 0 Å². The van der Waals surface area contributed by atoms with Gasteiger partial charge in [-0.15, -0.1) is 0 Å². The van der Waals surface area contributed by atoms with Crippen LogP contribution < -0.4 is 22.1 Å². The third-order valence-corrected chi connectivity index (χ3v) is 3.17. The molecule has 0 spiro atoms. The Labute approximate surface area is 93.2 Å². The fraction of sp³-hybridized carbons (Fsp3) is 1.00. The maximum Gasteiger partial charge on any atom is 0.0108 e. The molecule has 4 nitrogen and oxygen atoms in total. The molecule has 0 amide bonds. The van der Waals surface area contributed by atoms with Crippen LogP contribution in [0.15, 0.2) is 0 Å². The smallest absolute Gasteiger partial charge is 0.0108 e. The molecule has 0 aromatic heterocycles. The maximum atomic E-state index is 5.46. The van der Waals surface area contributed by atoms with Gasteiger partial charge in [-0.2, -0.15) is 0 Å². The number of hydrogen-bond acceptors (Lipinski definition) is 4. The molecular weight excluding hydrogens is 188 g/mol. The third kappa shape index (κ3) is 4.93. The first kappa shape index (κ1) is 12.9. The van der Waals surface area contributed by atoms with E-state index in [1.54, 1.807) is 0 Å². The molecule has 0 bridgehead atoms. The lowest BCUT2D eigenvalue weighted by atomic mass is 9.79. The van der Waals surface area contributed by atoms with Gasteiger partial charge in [0.2, 0.25) is 0 Å². The molecule has 2 atom stereocenters. The van der Waals surface area contributed by atoms with Crippen molar-refractivity contribution >= 4 is 0 Å². The van der Waals surface area contributed by atoms with Crippen molar-refractivity contribution in [2.75, 3.05) is 32.7 Å². The van der Waals surface area contributed by atoms with Gasteiger partial charge in [0.15, 0.2) is 0 Å². The van der Waals surface area contributed by atoms with E-state index in [0.717, 1.165) is 57.5 Å². The van der Waals surface area contributed by atoms with Crippen molar-refractivity contribution in [1.29, 1.82) is 0 Å². The van der Waals surface area contributed by atoms with Gasteiger partial charge in [0.25, 0.3) is 0 Å². The molecule has 0 aliphatic heterocycles. The van der Waals surface area contributed by atoms with Crippen LogP contribution in [0.5, 0.6) is 0 Å². The minimum atomic E-state index is 0.724. The summed E-state index contributed by atoms with van der Waals surface area (Å²) < 4.78 is 0. The molecule has 1 aliphatic carbocycles. The normalized spacial score (nSPS) is 25.2. The van der Waals surface area contributed by atoms with Crippen molar-refractivity contribution < 1.29 is 0 Å². The Morgan fingerprint density at radius 1 is 1.00 bits per heavy atom. The highest BCUT2D eigenvalue weighted by molar-refractivity contribution is 4.87. The van der Waals surface area contributed by atoms with Crippen LogP contribution in [-0.4, -0.2) is 38.8 Å². The van der Waals surface area contributed by atoms with E-state index in [1.807, 2.05) is 0 Å². The van der Waals surface area contributed by atoms with E-state index in [4.69, 9.17) is 11.5 Å². The molecule has 1 aliphatic rings. The Morgan fingerprint density at radius 3 is 2.33 bits per heavy atom. The average Bonchev–Trinajstić information content (AvgIpc) is 2.22. The molecule has 15 heavy (non-hydrogen) atoms. The van der Waals surface area contributed by atoms with Crippen molar-refractivity contribution in [3.8, 4) is 0 Å². The summed E-state index contributed by atoms with van der Waals surface area (Å²) in [4.78, 5) is 0. The second-order valence-corrected chi connectivity index (χ2v) is 4.39. The molecule has 2 unspecified atom stereocenters. The minimum Gasteiger partial charge on any atom is -0.330 e. The van der Waals surface area contributed by atoms with Crippen LogP contribution in [0.1, 0.15) is 25.7 Å². The van der Waals surface area contributed by atoms with E-state index >= 15 is 0 Å². The van der Waals surface area contributed by atoms with E-state index in [2.05, 4.69) is 10.6 Å². The van der Waals surface area contributed by atoms with Crippen LogP contribution in [0.3, 0.4) is 0 Å². The fourth-order valence-electron chi connectivity index (χ4n) is 1.99. The first-order chi connectivity index (χ1) is 7.38. The Bertz CT molecular complexity index is 152. The van der Waals surface area contributed by atoms with Crippen LogP contribution in [0.2, 0.25) is 0 Å². The van der Waals surface area contributed by atoms with Crippen molar-refractivity contribution in [2.24, 2.45) is 17.4 Å². The molecule has 0 aromatic carbocycles. The number of nitrogens with one attached hydrogen (secondary N) is 2. The topological polar surface area (TPSA) is 76.1 Å². The van der Waals surface area contributed by atoms with Gasteiger partial charge in [-0.1, -0.05) is 0 Å². The van der Waals surface area contributed by atoms with Gasteiger partial charge in [-0.25, -0.2) is 0 Å². The summed E-state index contributed by atoms with van der Waals surface area (Å²) >= 11 is 0. The van der Waals surface area contributed by atoms with Gasteiger partial charge in [0.1, 0.15) is 0 Å². The molecule has 1 saturated carbocycles. The van der Waals surface area contributed by atoms with Crippen molar-refractivity contribution in [3.63, 3.8) is 0 Å². The van der Waals surface area contributed by atoms with E-state index < -0.39 is 0 Å². The summed E-state index contributed by atoms with van der Waals surface area (Å²) in [5, 5.41) is 7.03. The lowest BCUT2D eigenvalue weighted by Crippen LogP contribution is -2.48. The first-order valence-corrected chi connectivity index (χ1v) is 6.22. The zero-order valence-electron chi connectivity index (χ0n) is 9.67. The van der Waals surface area contributed by atoms with Gasteiger partial charge < -0.3 is 22.1 Å². The standard InChI is InChI=1S/C11H26N4/c12-5-1-7-14-9-10-3-4-11(10)15-8-2-6-13/h10-11,14-15H,1-9,12-13H2. The zero-order chi connectivity index (χ0) is 10.9. The highest BCUT2D eigenvalue weighted by Crippen LogP contribution is 2.26. The second kappa shape index (κ2) is 8.05. The summed E-state index contributed by atoms with van der Waals surface area (Å²) in [6, 6.07) is 0.724. The molecule has 0 saturated heterocycles. The van der Waals surface area contributed by atoms with Crippen LogP contribution in [0, 0.1) is 5.92 Å². The number of rotatable bonds is 9. The van der Waals surface area contributed by atoms with Crippen molar-refractivity contribution in [3.05, 3.63) is 0 Å². The first-order valence-electron chi connectivity index (χ1n) is 6.22. The lowest BCUT2D eigenvalue weighted by Gasteiger charge is -2.37. The number of hydrogen-bond donors (Lipinski definition) is 4. The fourth-order valence-corrected chi connectivity index (χ4v) is 1.99. The summed E-state index contributed by atoms with van der Waals surface area (Å²) in [6.07, 6.45) is 4.85. The summed E-state index contributed by atoms with van der Waals surface area (Å²) in [5.41, 5.74) is 10.9. The number of nitrogens with two attached hydrogens (primary N) is 2.